The number of hydrogen-bond donors (Lipinski definition) is 0. The maximum Gasteiger partial charge on any atom is 0.178 e. The molecule has 0 saturated carbocycles. The van der Waals surface area contributed by atoms with E-state index in [1.54, 1.807) is 12.1 Å². The first-order valence-electron chi connectivity index (χ1n) is 4.64. The second-order valence-corrected chi connectivity index (χ2v) is 6.11. The van der Waals surface area contributed by atoms with Gasteiger partial charge in [0.15, 0.2) is 9.84 Å². The lowest BCUT2D eigenvalue weighted by molar-refractivity contribution is -0.0204. The van der Waals surface area contributed by atoms with Crippen LogP contribution in [0.3, 0.4) is 0 Å². The van der Waals surface area contributed by atoms with Gasteiger partial charge in [-0.15, -0.1) is 0 Å². The van der Waals surface area contributed by atoms with Crippen molar-refractivity contribution >= 4 is 21.4 Å². The molecule has 0 spiro atoms. The average molecular weight is 247 g/mol. The van der Waals surface area contributed by atoms with Gasteiger partial charge in [0.25, 0.3) is 0 Å². The summed E-state index contributed by atoms with van der Waals surface area (Å²) < 4.78 is 28.6. The molecule has 0 N–H and O–H groups in total. The van der Waals surface area contributed by atoms with Crippen LogP contribution in [0.5, 0.6) is 0 Å². The molecule has 0 atom stereocenters. The van der Waals surface area contributed by atoms with E-state index in [0.717, 1.165) is 0 Å². The van der Waals surface area contributed by atoms with Gasteiger partial charge >= 0.3 is 0 Å². The van der Waals surface area contributed by atoms with Crippen LogP contribution in [0, 0.1) is 5.92 Å². The Morgan fingerprint density at radius 2 is 1.87 bits per heavy atom. The molecular formula is C10H11ClO3S. The third-order valence-corrected chi connectivity index (χ3v) is 4.49. The first kappa shape index (κ1) is 10.9. The van der Waals surface area contributed by atoms with Gasteiger partial charge in [-0.25, -0.2) is 8.42 Å². The topological polar surface area (TPSA) is 43.4 Å². The predicted molar refractivity (Wildman–Crippen MR) is 57.8 cm³/mol. The zero-order chi connectivity index (χ0) is 10.9. The minimum absolute atomic E-state index is 0.144. The minimum atomic E-state index is -3.18. The van der Waals surface area contributed by atoms with Crippen LogP contribution in [0.15, 0.2) is 29.2 Å². The molecule has 1 aliphatic rings. The summed E-state index contributed by atoms with van der Waals surface area (Å²) in [5, 5.41) is 0.543. The monoisotopic (exact) mass is 246 g/mol. The average Bonchev–Trinajstić information content (AvgIpc) is 2.13. The Bertz CT molecular complexity index is 434. The van der Waals surface area contributed by atoms with Crippen molar-refractivity contribution in [2.75, 3.05) is 19.0 Å². The molecule has 1 aromatic carbocycles. The number of rotatable bonds is 3. The van der Waals surface area contributed by atoms with Gasteiger partial charge in [-0.1, -0.05) is 11.6 Å². The first-order chi connectivity index (χ1) is 7.08. The van der Waals surface area contributed by atoms with E-state index in [4.69, 9.17) is 16.3 Å². The lowest BCUT2D eigenvalue weighted by Gasteiger charge is -2.25. The number of ether oxygens (including phenoxy) is 1. The van der Waals surface area contributed by atoms with E-state index in [9.17, 15) is 8.42 Å². The Labute approximate surface area is 93.9 Å². The molecule has 1 saturated heterocycles. The van der Waals surface area contributed by atoms with Crippen molar-refractivity contribution in [2.45, 2.75) is 4.90 Å². The van der Waals surface area contributed by atoms with Crippen molar-refractivity contribution in [3.8, 4) is 0 Å². The number of halogens is 1. The molecule has 1 heterocycles. The first-order valence-corrected chi connectivity index (χ1v) is 6.67. The molecule has 2 rings (SSSR count). The quantitative estimate of drug-likeness (QED) is 0.816. The Kier molecular flexibility index (Phi) is 3.00. The van der Waals surface area contributed by atoms with Crippen molar-refractivity contribution in [3.05, 3.63) is 29.3 Å². The Morgan fingerprint density at radius 1 is 1.27 bits per heavy atom. The molecule has 0 bridgehead atoms. The number of sulfone groups is 1. The zero-order valence-corrected chi connectivity index (χ0v) is 9.59. The van der Waals surface area contributed by atoms with Crippen LogP contribution in [0.4, 0.5) is 0 Å². The van der Waals surface area contributed by atoms with Crippen LogP contribution in [-0.4, -0.2) is 27.4 Å². The second kappa shape index (κ2) is 4.12. The summed E-state index contributed by atoms with van der Waals surface area (Å²) in [6.45, 7) is 1.10. The third-order valence-electron chi connectivity index (χ3n) is 2.33. The van der Waals surface area contributed by atoms with Gasteiger partial charge in [0.05, 0.1) is 23.9 Å². The molecule has 0 unspecified atom stereocenters. The summed E-state index contributed by atoms with van der Waals surface area (Å²) in [5.74, 6) is 0.305. The highest BCUT2D eigenvalue weighted by atomic mass is 35.5. The maximum absolute atomic E-state index is 11.8. The fourth-order valence-corrected chi connectivity index (χ4v) is 3.11. The minimum Gasteiger partial charge on any atom is -0.381 e. The van der Waals surface area contributed by atoms with Gasteiger partial charge in [0, 0.05) is 10.9 Å². The molecule has 1 aromatic rings. The van der Waals surface area contributed by atoms with Gasteiger partial charge in [0.1, 0.15) is 0 Å². The molecule has 82 valence electrons. The van der Waals surface area contributed by atoms with Crippen LogP contribution in [-0.2, 0) is 14.6 Å². The van der Waals surface area contributed by atoms with E-state index in [1.165, 1.54) is 12.1 Å². The highest BCUT2D eigenvalue weighted by molar-refractivity contribution is 7.91. The number of hydrogen-bond acceptors (Lipinski definition) is 3. The van der Waals surface area contributed by atoms with E-state index in [2.05, 4.69) is 0 Å². The zero-order valence-electron chi connectivity index (χ0n) is 8.02. The van der Waals surface area contributed by atoms with Gasteiger partial charge in [-0.05, 0) is 24.3 Å². The largest absolute Gasteiger partial charge is 0.381 e. The highest BCUT2D eigenvalue weighted by Gasteiger charge is 2.26. The van der Waals surface area contributed by atoms with Crippen LogP contribution >= 0.6 is 11.6 Å². The summed E-state index contributed by atoms with van der Waals surface area (Å²) in [6.07, 6.45) is 0. The van der Waals surface area contributed by atoms with E-state index >= 15 is 0 Å². The maximum atomic E-state index is 11.8. The molecule has 0 amide bonds. The molecular weight excluding hydrogens is 236 g/mol. The standard InChI is InChI=1S/C10H11ClO3S/c11-9-1-3-10(4-2-9)15(12,13)7-8-5-14-6-8/h1-4,8H,5-7H2. The molecule has 0 aromatic heterocycles. The van der Waals surface area contributed by atoms with E-state index in [1.807, 2.05) is 0 Å². The molecule has 3 nitrogen and oxygen atoms in total. The van der Waals surface area contributed by atoms with Crippen molar-refractivity contribution in [2.24, 2.45) is 5.92 Å². The SMILES string of the molecule is O=S(=O)(CC1COC1)c1ccc(Cl)cc1. The molecule has 1 aliphatic heterocycles. The van der Waals surface area contributed by atoms with Crippen molar-refractivity contribution < 1.29 is 13.2 Å². The molecule has 0 radical (unpaired) electrons. The van der Waals surface area contributed by atoms with E-state index in [-0.39, 0.29) is 11.7 Å². The van der Waals surface area contributed by atoms with Gasteiger partial charge in [-0.3, -0.25) is 0 Å². The normalized spacial score (nSPS) is 17.4. The molecule has 5 heteroatoms. The Balaban J connectivity index is 2.17. The van der Waals surface area contributed by atoms with Crippen LogP contribution in [0.1, 0.15) is 0 Å². The molecule has 15 heavy (non-hydrogen) atoms. The number of benzene rings is 1. The van der Waals surface area contributed by atoms with Crippen LogP contribution in [0.25, 0.3) is 0 Å². The van der Waals surface area contributed by atoms with Crippen LogP contribution < -0.4 is 0 Å². The molecule has 0 aliphatic carbocycles. The van der Waals surface area contributed by atoms with Crippen molar-refractivity contribution in [1.82, 2.24) is 0 Å². The van der Waals surface area contributed by atoms with E-state index < -0.39 is 9.84 Å². The second-order valence-electron chi connectivity index (χ2n) is 3.64. The highest BCUT2D eigenvalue weighted by Crippen LogP contribution is 2.20. The van der Waals surface area contributed by atoms with Gasteiger partial charge in [0.2, 0.25) is 0 Å². The van der Waals surface area contributed by atoms with Crippen molar-refractivity contribution in [1.29, 1.82) is 0 Å². The smallest absolute Gasteiger partial charge is 0.178 e. The summed E-state index contributed by atoms with van der Waals surface area (Å²) in [5.41, 5.74) is 0. The summed E-state index contributed by atoms with van der Waals surface area (Å²) in [7, 11) is -3.18. The van der Waals surface area contributed by atoms with E-state index in [0.29, 0.717) is 23.1 Å². The van der Waals surface area contributed by atoms with Gasteiger partial charge in [-0.2, -0.15) is 0 Å². The lowest BCUT2D eigenvalue weighted by atomic mass is 10.1. The summed E-state index contributed by atoms with van der Waals surface area (Å²) in [6, 6.07) is 6.26. The summed E-state index contributed by atoms with van der Waals surface area (Å²) in [4.78, 5) is 0.332. The third kappa shape index (κ3) is 2.51. The fourth-order valence-electron chi connectivity index (χ4n) is 1.43. The Hall–Kier alpha value is -0.580. The predicted octanol–water partition coefficient (Wildman–Crippen LogP) is 1.76. The van der Waals surface area contributed by atoms with Crippen molar-refractivity contribution in [3.63, 3.8) is 0 Å². The molecule has 1 fully saturated rings. The summed E-state index contributed by atoms with van der Waals surface area (Å²) >= 11 is 5.69. The van der Waals surface area contributed by atoms with Crippen LogP contribution in [0.2, 0.25) is 5.02 Å². The Morgan fingerprint density at radius 3 is 2.33 bits per heavy atom. The lowest BCUT2D eigenvalue weighted by Crippen LogP contribution is -2.33. The van der Waals surface area contributed by atoms with Gasteiger partial charge < -0.3 is 4.74 Å². The fraction of sp³-hybridized carbons (Fsp3) is 0.400.